The zero-order valence-electron chi connectivity index (χ0n) is 14.4. The summed E-state index contributed by atoms with van der Waals surface area (Å²) in [5.74, 6) is -0.196. The van der Waals surface area contributed by atoms with Crippen LogP contribution in [0, 0.1) is 0 Å². The van der Waals surface area contributed by atoms with E-state index in [0.717, 1.165) is 6.54 Å². The van der Waals surface area contributed by atoms with E-state index in [0.29, 0.717) is 31.7 Å². The smallest absolute Gasteiger partial charge is 0.253 e. The molecule has 1 atom stereocenters. The maximum atomic E-state index is 12.5. The average molecular weight is 355 g/mol. The highest BCUT2D eigenvalue weighted by Crippen LogP contribution is 2.15. The molecule has 0 spiro atoms. The number of carbonyl (C=O) groups is 1. The van der Waals surface area contributed by atoms with Gasteiger partial charge in [0.2, 0.25) is 10.0 Å². The molecule has 0 radical (unpaired) electrons. The molecule has 2 rings (SSSR count). The van der Waals surface area contributed by atoms with Crippen LogP contribution in [0.4, 0.5) is 0 Å². The standard InChI is InChI=1S/C16H25N3O4S/c1-18(2)8-9-19(3)16(20)13-5-4-6-15(11-13)24(21,22)17-14-7-10-23-12-14/h4-6,11,14,17H,7-10,12H2,1-3H3. The van der Waals surface area contributed by atoms with Gasteiger partial charge in [-0.2, -0.15) is 0 Å². The van der Waals surface area contributed by atoms with Crippen molar-refractivity contribution in [3.05, 3.63) is 29.8 Å². The summed E-state index contributed by atoms with van der Waals surface area (Å²) in [5.41, 5.74) is 0.363. The predicted octanol–water partition coefficient (Wildman–Crippen LogP) is 0.387. The monoisotopic (exact) mass is 355 g/mol. The molecule has 8 heteroatoms. The molecule has 1 aromatic carbocycles. The molecule has 1 N–H and O–H groups in total. The van der Waals surface area contributed by atoms with E-state index < -0.39 is 10.0 Å². The third-order valence-corrected chi connectivity index (χ3v) is 5.39. The Hall–Kier alpha value is -1.48. The molecule has 1 aliphatic heterocycles. The fourth-order valence-electron chi connectivity index (χ4n) is 2.38. The van der Waals surface area contributed by atoms with Gasteiger partial charge in [0.25, 0.3) is 5.91 Å². The highest BCUT2D eigenvalue weighted by Gasteiger charge is 2.24. The second kappa shape index (κ2) is 8.06. The molecule has 134 valence electrons. The number of nitrogens with one attached hydrogen (secondary N) is 1. The number of hydrogen-bond acceptors (Lipinski definition) is 5. The number of likely N-dealkylation sites (N-methyl/N-ethyl adjacent to an activating group) is 2. The Bertz CT molecular complexity index is 670. The van der Waals surface area contributed by atoms with Gasteiger partial charge in [0.1, 0.15) is 0 Å². The van der Waals surface area contributed by atoms with Gasteiger partial charge in [0.05, 0.1) is 11.5 Å². The lowest BCUT2D eigenvalue weighted by molar-refractivity contribution is 0.0786. The van der Waals surface area contributed by atoms with E-state index >= 15 is 0 Å². The second-order valence-electron chi connectivity index (χ2n) is 6.24. The summed E-state index contributed by atoms with van der Waals surface area (Å²) < 4.78 is 32.7. The molecule has 1 fully saturated rings. The van der Waals surface area contributed by atoms with E-state index in [1.807, 2.05) is 19.0 Å². The summed E-state index contributed by atoms with van der Waals surface area (Å²) >= 11 is 0. The van der Waals surface area contributed by atoms with Crippen molar-refractivity contribution in [3.8, 4) is 0 Å². The van der Waals surface area contributed by atoms with Crippen LogP contribution in [0.15, 0.2) is 29.2 Å². The summed E-state index contributed by atoms with van der Waals surface area (Å²) in [7, 11) is 1.92. The number of rotatable bonds is 7. The van der Waals surface area contributed by atoms with Crippen LogP contribution in [-0.4, -0.2) is 77.6 Å². The third kappa shape index (κ3) is 5.01. The Balaban J connectivity index is 2.11. The molecule has 24 heavy (non-hydrogen) atoms. The van der Waals surface area contributed by atoms with Crippen LogP contribution in [0.3, 0.4) is 0 Å². The van der Waals surface area contributed by atoms with Crippen LogP contribution in [-0.2, 0) is 14.8 Å². The molecular formula is C16H25N3O4S. The lowest BCUT2D eigenvalue weighted by Gasteiger charge is -2.20. The van der Waals surface area contributed by atoms with Crippen LogP contribution in [0.1, 0.15) is 16.8 Å². The molecule has 0 saturated carbocycles. The molecule has 1 unspecified atom stereocenters. The van der Waals surface area contributed by atoms with E-state index in [1.165, 1.54) is 12.1 Å². The highest BCUT2D eigenvalue weighted by atomic mass is 32.2. The molecule has 1 saturated heterocycles. The van der Waals surface area contributed by atoms with Crippen molar-refractivity contribution in [2.24, 2.45) is 0 Å². The second-order valence-corrected chi connectivity index (χ2v) is 7.95. The van der Waals surface area contributed by atoms with Gasteiger partial charge in [-0.05, 0) is 38.7 Å². The number of carbonyl (C=O) groups excluding carboxylic acids is 1. The minimum Gasteiger partial charge on any atom is -0.380 e. The molecule has 1 aliphatic rings. The van der Waals surface area contributed by atoms with Crippen LogP contribution in [0.25, 0.3) is 0 Å². The average Bonchev–Trinajstić information content (AvgIpc) is 3.04. The molecule has 0 bridgehead atoms. The highest BCUT2D eigenvalue weighted by molar-refractivity contribution is 7.89. The summed E-state index contributed by atoms with van der Waals surface area (Å²) in [4.78, 5) is 16.1. The largest absolute Gasteiger partial charge is 0.380 e. The Morgan fingerprint density at radius 1 is 1.29 bits per heavy atom. The van der Waals surface area contributed by atoms with E-state index in [1.54, 1.807) is 24.1 Å². The zero-order valence-corrected chi connectivity index (χ0v) is 15.2. The maximum Gasteiger partial charge on any atom is 0.253 e. The summed E-state index contributed by atoms with van der Waals surface area (Å²) in [5, 5.41) is 0. The van der Waals surface area contributed by atoms with Crippen molar-refractivity contribution < 1.29 is 17.9 Å². The van der Waals surface area contributed by atoms with Gasteiger partial charge in [-0.15, -0.1) is 0 Å². The molecule has 7 nitrogen and oxygen atoms in total. The first-order chi connectivity index (χ1) is 11.3. The number of benzene rings is 1. The minimum atomic E-state index is -3.66. The Kier molecular flexibility index (Phi) is 6.34. The van der Waals surface area contributed by atoms with Crippen LogP contribution in [0.2, 0.25) is 0 Å². The van der Waals surface area contributed by atoms with Crippen LogP contribution in [0.5, 0.6) is 0 Å². The Morgan fingerprint density at radius 3 is 2.67 bits per heavy atom. The first kappa shape index (κ1) is 18.9. The SMILES string of the molecule is CN(C)CCN(C)C(=O)c1cccc(S(=O)(=O)NC2CCOC2)c1. The number of amides is 1. The van der Waals surface area contributed by atoms with Crippen molar-refractivity contribution in [3.63, 3.8) is 0 Å². The minimum absolute atomic E-state index is 0.0984. The van der Waals surface area contributed by atoms with E-state index in [2.05, 4.69) is 4.72 Å². The van der Waals surface area contributed by atoms with Gasteiger partial charge in [-0.1, -0.05) is 6.07 Å². The van der Waals surface area contributed by atoms with Crippen LogP contribution < -0.4 is 4.72 Å². The van der Waals surface area contributed by atoms with Crippen molar-refractivity contribution in [1.82, 2.24) is 14.5 Å². The molecule has 0 aromatic heterocycles. The number of nitrogens with zero attached hydrogens (tertiary/aromatic N) is 2. The summed E-state index contributed by atoms with van der Waals surface area (Å²) in [6, 6.07) is 5.93. The Labute approximate surface area is 143 Å². The molecule has 1 aromatic rings. The maximum absolute atomic E-state index is 12.5. The third-order valence-electron chi connectivity index (χ3n) is 3.87. The van der Waals surface area contributed by atoms with Gasteiger partial charge in [0.15, 0.2) is 0 Å². The molecule has 1 heterocycles. The zero-order chi connectivity index (χ0) is 17.7. The van der Waals surface area contributed by atoms with Gasteiger partial charge < -0.3 is 14.5 Å². The van der Waals surface area contributed by atoms with Gasteiger partial charge in [-0.3, -0.25) is 4.79 Å². The first-order valence-corrected chi connectivity index (χ1v) is 9.38. The topological polar surface area (TPSA) is 79.0 Å². The van der Waals surface area contributed by atoms with Crippen molar-refractivity contribution in [2.75, 3.05) is 47.4 Å². The van der Waals surface area contributed by atoms with E-state index in [9.17, 15) is 13.2 Å². The van der Waals surface area contributed by atoms with Crippen molar-refractivity contribution in [2.45, 2.75) is 17.4 Å². The predicted molar refractivity (Wildman–Crippen MR) is 91.5 cm³/mol. The van der Waals surface area contributed by atoms with Crippen molar-refractivity contribution >= 4 is 15.9 Å². The number of sulfonamides is 1. The fourth-order valence-corrected chi connectivity index (χ4v) is 3.68. The normalized spacial score (nSPS) is 18.1. The van der Waals surface area contributed by atoms with Gasteiger partial charge in [-0.25, -0.2) is 13.1 Å². The lowest BCUT2D eigenvalue weighted by atomic mass is 10.2. The quantitative estimate of drug-likeness (QED) is 0.765. The van der Waals surface area contributed by atoms with Gasteiger partial charge in [0, 0.05) is 38.3 Å². The first-order valence-electron chi connectivity index (χ1n) is 7.90. The number of hydrogen-bond donors (Lipinski definition) is 1. The Morgan fingerprint density at radius 2 is 2.04 bits per heavy atom. The molecule has 1 amide bonds. The summed E-state index contributed by atoms with van der Waals surface area (Å²) in [6.45, 7) is 2.25. The number of ether oxygens (including phenoxy) is 1. The molecule has 0 aliphatic carbocycles. The van der Waals surface area contributed by atoms with Crippen molar-refractivity contribution in [1.29, 1.82) is 0 Å². The molecular weight excluding hydrogens is 330 g/mol. The van der Waals surface area contributed by atoms with E-state index in [4.69, 9.17) is 4.74 Å². The van der Waals surface area contributed by atoms with E-state index in [-0.39, 0.29) is 16.8 Å². The van der Waals surface area contributed by atoms with Crippen LogP contribution >= 0.6 is 0 Å². The fraction of sp³-hybridized carbons (Fsp3) is 0.562. The van der Waals surface area contributed by atoms with Gasteiger partial charge >= 0.3 is 0 Å². The summed E-state index contributed by atoms with van der Waals surface area (Å²) in [6.07, 6.45) is 0.658. The lowest BCUT2D eigenvalue weighted by Crippen LogP contribution is -2.35.